The number of sulfone groups is 2. The maximum absolute atomic E-state index is 14.8. The molecule has 28 heavy (non-hydrogen) atoms. The van der Waals surface area contributed by atoms with Crippen LogP contribution in [0.25, 0.3) is 0 Å². The summed E-state index contributed by atoms with van der Waals surface area (Å²) in [6.45, 7) is 1.46. The van der Waals surface area contributed by atoms with Gasteiger partial charge in [0.05, 0.1) is 40.8 Å². The Morgan fingerprint density at radius 3 is 2.54 bits per heavy atom. The van der Waals surface area contributed by atoms with Crippen LogP contribution in [0.1, 0.15) is 18.4 Å². The molecule has 0 fully saturated rings. The number of methoxy groups -OCH3 is 1. The Morgan fingerprint density at radius 1 is 1.25 bits per heavy atom. The second-order valence-electron chi connectivity index (χ2n) is 6.48. The molecule has 0 saturated carbocycles. The van der Waals surface area contributed by atoms with Crippen molar-refractivity contribution in [1.29, 1.82) is 0 Å². The number of allylic oxidation sites excluding steroid dienone is 2. The Morgan fingerprint density at radius 2 is 1.93 bits per heavy atom. The van der Waals surface area contributed by atoms with Crippen LogP contribution in [0, 0.1) is 5.82 Å². The lowest BCUT2D eigenvalue weighted by Crippen LogP contribution is -2.34. The molecule has 0 amide bonds. The molecule has 7 nitrogen and oxygen atoms in total. The molecule has 0 aliphatic carbocycles. The molecule has 3 rings (SSSR count). The largest absolute Gasteiger partial charge is 0.466 e. The maximum Gasteiger partial charge on any atom is 0.336 e. The summed E-state index contributed by atoms with van der Waals surface area (Å²) in [6, 6.07) is 3.80. The van der Waals surface area contributed by atoms with Gasteiger partial charge in [-0.2, -0.15) is 0 Å². The van der Waals surface area contributed by atoms with E-state index in [0.29, 0.717) is 0 Å². The third-order valence-corrected chi connectivity index (χ3v) is 8.68. The van der Waals surface area contributed by atoms with E-state index in [0.717, 1.165) is 13.2 Å². The van der Waals surface area contributed by atoms with Crippen LogP contribution in [0.3, 0.4) is 0 Å². The maximum atomic E-state index is 14.8. The van der Waals surface area contributed by atoms with E-state index < -0.39 is 54.6 Å². The van der Waals surface area contributed by atoms with E-state index in [4.69, 9.17) is 16.3 Å². The van der Waals surface area contributed by atoms with Gasteiger partial charge in [0.2, 0.25) is 0 Å². The lowest BCUT2D eigenvalue weighted by Gasteiger charge is -2.31. The molecular formula is C17H17ClFNO6S2. The van der Waals surface area contributed by atoms with E-state index in [1.54, 1.807) is 0 Å². The molecule has 2 aliphatic heterocycles. The highest BCUT2D eigenvalue weighted by molar-refractivity contribution is 7.98. The number of benzene rings is 1. The van der Waals surface area contributed by atoms with Gasteiger partial charge in [-0.05, 0) is 19.1 Å². The third kappa shape index (κ3) is 3.56. The molecule has 1 N–H and O–H groups in total. The number of hydrogen-bond acceptors (Lipinski definition) is 7. The topological polar surface area (TPSA) is 107 Å². The Labute approximate surface area is 167 Å². The number of esters is 1. The van der Waals surface area contributed by atoms with Gasteiger partial charge in [-0.25, -0.2) is 26.0 Å². The monoisotopic (exact) mass is 449 g/mol. The van der Waals surface area contributed by atoms with Crippen LogP contribution in [-0.4, -0.2) is 47.2 Å². The van der Waals surface area contributed by atoms with Crippen molar-refractivity contribution in [3.63, 3.8) is 0 Å². The summed E-state index contributed by atoms with van der Waals surface area (Å²) in [4.78, 5) is 12.1. The van der Waals surface area contributed by atoms with Gasteiger partial charge in [0, 0.05) is 22.0 Å². The zero-order valence-corrected chi connectivity index (χ0v) is 17.3. The Hall–Kier alpha value is -1.91. The minimum atomic E-state index is -4.15. The van der Waals surface area contributed by atoms with Crippen LogP contribution in [0.15, 0.2) is 40.1 Å². The zero-order chi connectivity index (χ0) is 20.9. The van der Waals surface area contributed by atoms with Crippen molar-refractivity contribution in [2.45, 2.75) is 12.8 Å². The van der Waals surface area contributed by atoms with E-state index in [1.165, 1.54) is 19.1 Å². The standard InChI is InChI=1S/C17H17ClFNO6S2/c1-9-13(17(21)26-2)15(14-10(18)4-3-5-11(14)19)16-12(20-9)8-27(22,23)6-7-28(16,24)25/h3-5,15,20H,6-8H2,1-2H3. The summed E-state index contributed by atoms with van der Waals surface area (Å²) >= 11 is 6.17. The Balaban J connectivity index is 2.41. The first-order chi connectivity index (χ1) is 13.0. The predicted octanol–water partition coefficient (Wildman–Crippen LogP) is 1.67. The van der Waals surface area contributed by atoms with Crippen LogP contribution >= 0.6 is 11.6 Å². The number of rotatable bonds is 2. The molecule has 1 aromatic rings. The number of nitrogens with one attached hydrogen (secondary N) is 1. The second kappa shape index (κ2) is 7.16. The lowest BCUT2D eigenvalue weighted by molar-refractivity contribution is -0.136. The Bertz CT molecular complexity index is 1120. The van der Waals surface area contributed by atoms with Crippen molar-refractivity contribution in [2.75, 3.05) is 24.4 Å². The van der Waals surface area contributed by atoms with Crippen LogP contribution < -0.4 is 5.32 Å². The van der Waals surface area contributed by atoms with Gasteiger partial charge in [0.1, 0.15) is 5.82 Å². The molecule has 0 spiro atoms. The van der Waals surface area contributed by atoms with Gasteiger partial charge in [0.15, 0.2) is 19.7 Å². The molecule has 1 atom stereocenters. The van der Waals surface area contributed by atoms with Gasteiger partial charge in [0.25, 0.3) is 0 Å². The summed E-state index contributed by atoms with van der Waals surface area (Å²) in [7, 11) is -6.76. The molecule has 11 heteroatoms. The summed E-state index contributed by atoms with van der Waals surface area (Å²) in [5.74, 6) is -4.93. The van der Waals surface area contributed by atoms with E-state index in [9.17, 15) is 26.0 Å². The number of halogens is 2. The highest BCUT2D eigenvalue weighted by Crippen LogP contribution is 2.45. The van der Waals surface area contributed by atoms with Gasteiger partial charge < -0.3 is 10.1 Å². The molecule has 2 aliphatic rings. The van der Waals surface area contributed by atoms with Crippen LogP contribution in [0.5, 0.6) is 0 Å². The fourth-order valence-electron chi connectivity index (χ4n) is 3.43. The average Bonchev–Trinajstić information content (AvgIpc) is 2.67. The van der Waals surface area contributed by atoms with Crippen molar-refractivity contribution < 1.29 is 30.8 Å². The van der Waals surface area contributed by atoms with Crippen molar-refractivity contribution in [3.05, 3.63) is 56.5 Å². The first-order valence-corrected chi connectivity index (χ1v) is 12.0. The van der Waals surface area contributed by atoms with Crippen molar-refractivity contribution >= 4 is 37.2 Å². The minimum absolute atomic E-state index is 0.0877. The summed E-state index contributed by atoms with van der Waals surface area (Å²) in [5.41, 5.74) is -0.300. The van der Waals surface area contributed by atoms with Crippen molar-refractivity contribution in [3.8, 4) is 0 Å². The fourth-order valence-corrected chi connectivity index (χ4v) is 7.82. The Kier molecular flexibility index (Phi) is 5.32. The molecule has 0 radical (unpaired) electrons. The molecule has 0 aromatic heterocycles. The highest BCUT2D eigenvalue weighted by Gasteiger charge is 2.45. The number of carbonyl (C=O) groups is 1. The van der Waals surface area contributed by atoms with Crippen LogP contribution in [0.2, 0.25) is 5.02 Å². The van der Waals surface area contributed by atoms with Gasteiger partial charge in [-0.15, -0.1) is 0 Å². The predicted molar refractivity (Wildman–Crippen MR) is 101 cm³/mol. The van der Waals surface area contributed by atoms with E-state index in [-0.39, 0.29) is 32.5 Å². The number of ether oxygens (including phenoxy) is 1. The van der Waals surface area contributed by atoms with Crippen molar-refractivity contribution in [2.24, 2.45) is 0 Å². The lowest BCUT2D eigenvalue weighted by atomic mass is 9.86. The summed E-state index contributed by atoms with van der Waals surface area (Å²) in [5, 5.41) is 2.62. The highest BCUT2D eigenvalue weighted by atomic mass is 35.5. The summed E-state index contributed by atoms with van der Waals surface area (Å²) in [6.07, 6.45) is 0. The van der Waals surface area contributed by atoms with Crippen LogP contribution in [0.4, 0.5) is 4.39 Å². The number of dihydropyridines is 1. The first-order valence-electron chi connectivity index (χ1n) is 8.14. The van der Waals surface area contributed by atoms with Gasteiger partial charge in [-0.1, -0.05) is 17.7 Å². The second-order valence-corrected chi connectivity index (χ2v) is 11.1. The van der Waals surface area contributed by atoms with Crippen LogP contribution in [-0.2, 0) is 29.2 Å². The fraction of sp³-hybridized carbons (Fsp3) is 0.353. The molecule has 1 unspecified atom stereocenters. The van der Waals surface area contributed by atoms with E-state index in [2.05, 4.69) is 5.32 Å². The van der Waals surface area contributed by atoms with E-state index >= 15 is 0 Å². The minimum Gasteiger partial charge on any atom is -0.466 e. The molecule has 2 heterocycles. The molecule has 1 aromatic carbocycles. The molecular weight excluding hydrogens is 433 g/mol. The molecule has 0 bridgehead atoms. The SMILES string of the molecule is COC(=O)C1=C(C)NC2=C(C1c1c(F)cccc1Cl)S(=O)(=O)CCS(=O)(=O)C2. The normalized spacial score (nSPS) is 23.5. The molecule has 0 saturated heterocycles. The molecule has 152 valence electrons. The smallest absolute Gasteiger partial charge is 0.336 e. The summed E-state index contributed by atoms with van der Waals surface area (Å²) < 4.78 is 70.0. The first kappa shape index (κ1) is 20.8. The van der Waals surface area contributed by atoms with E-state index in [1.807, 2.05) is 0 Å². The average molecular weight is 450 g/mol. The number of hydrogen-bond donors (Lipinski definition) is 1. The number of carbonyl (C=O) groups excluding carboxylic acids is 1. The third-order valence-electron chi connectivity index (χ3n) is 4.65. The zero-order valence-electron chi connectivity index (χ0n) is 15.0. The quantitative estimate of drug-likeness (QED) is 0.684. The van der Waals surface area contributed by atoms with Crippen molar-refractivity contribution in [1.82, 2.24) is 5.32 Å². The van der Waals surface area contributed by atoms with Gasteiger partial charge in [-0.3, -0.25) is 0 Å². The van der Waals surface area contributed by atoms with Gasteiger partial charge >= 0.3 is 5.97 Å².